The molecule has 5 heteroatoms. The number of carbonyl (C=O) groups is 1. The van der Waals surface area contributed by atoms with E-state index in [-0.39, 0.29) is 5.92 Å². The first-order valence-corrected chi connectivity index (χ1v) is 10.3. The van der Waals surface area contributed by atoms with Crippen molar-refractivity contribution in [1.82, 2.24) is 5.32 Å². The lowest BCUT2D eigenvalue weighted by Gasteiger charge is -2.14. The van der Waals surface area contributed by atoms with Crippen molar-refractivity contribution >= 4 is 29.0 Å². The molecule has 4 rings (SSSR count). The van der Waals surface area contributed by atoms with Crippen molar-refractivity contribution in [3.8, 4) is 23.0 Å². The molecule has 0 fully saturated rings. The van der Waals surface area contributed by atoms with Crippen LogP contribution in [0, 0.1) is 11.8 Å². The summed E-state index contributed by atoms with van der Waals surface area (Å²) in [5, 5.41) is 4.66. The quantitative estimate of drug-likeness (QED) is 0.446. The fourth-order valence-electron chi connectivity index (χ4n) is 3.42. The Morgan fingerprint density at radius 1 is 1.07 bits per heavy atom. The number of halogens is 1. The van der Waals surface area contributed by atoms with Gasteiger partial charge in [0.2, 0.25) is 0 Å². The Hall–Kier alpha value is -2.74. The maximum atomic E-state index is 12.1. The van der Waals surface area contributed by atoms with Gasteiger partial charge in [-0.3, -0.25) is 0 Å². The average molecular weight is 408 g/mol. The van der Waals surface area contributed by atoms with Crippen LogP contribution in [0.25, 0.3) is 11.1 Å². The first-order valence-electron chi connectivity index (χ1n) is 9.05. The summed E-state index contributed by atoms with van der Waals surface area (Å²) >= 11 is 7.46. The zero-order valence-corrected chi connectivity index (χ0v) is 16.6. The molecule has 3 aromatic rings. The highest BCUT2D eigenvalue weighted by Crippen LogP contribution is 2.44. The molecule has 28 heavy (non-hydrogen) atoms. The third kappa shape index (κ3) is 3.91. The fraction of sp³-hybridized carbons (Fsp3) is 0.174. The van der Waals surface area contributed by atoms with Crippen LogP contribution in [0.15, 0.2) is 60.0 Å². The van der Waals surface area contributed by atoms with Gasteiger partial charge in [0, 0.05) is 18.9 Å². The number of alkyl carbamates (subject to hydrolysis) is 1. The van der Waals surface area contributed by atoms with Crippen molar-refractivity contribution in [2.75, 3.05) is 13.2 Å². The summed E-state index contributed by atoms with van der Waals surface area (Å²) in [5.74, 6) is 6.08. The van der Waals surface area contributed by atoms with E-state index in [0.29, 0.717) is 23.9 Å². The Morgan fingerprint density at radius 2 is 1.75 bits per heavy atom. The summed E-state index contributed by atoms with van der Waals surface area (Å²) in [4.78, 5) is 12.1. The maximum absolute atomic E-state index is 12.1. The number of hydrogen-bond acceptors (Lipinski definition) is 3. The highest BCUT2D eigenvalue weighted by molar-refractivity contribution is 7.14. The zero-order valence-electron chi connectivity index (χ0n) is 15.1. The van der Waals surface area contributed by atoms with Crippen LogP contribution in [0.5, 0.6) is 0 Å². The minimum absolute atomic E-state index is 0.0682. The molecule has 0 bridgehead atoms. The Morgan fingerprint density at radius 3 is 2.39 bits per heavy atom. The van der Waals surface area contributed by atoms with Crippen molar-refractivity contribution in [2.45, 2.75) is 12.3 Å². The van der Waals surface area contributed by atoms with Gasteiger partial charge in [0.15, 0.2) is 0 Å². The van der Waals surface area contributed by atoms with Crippen molar-refractivity contribution in [3.63, 3.8) is 0 Å². The fourth-order valence-corrected chi connectivity index (χ4v) is 4.25. The molecule has 140 valence electrons. The topological polar surface area (TPSA) is 38.3 Å². The molecule has 0 unspecified atom stereocenters. The normalized spacial score (nSPS) is 11.9. The number of ether oxygens (including phenoxy) is 1. The summed E-state index contributed by atoms with van der Waals surface area (Å²) in [5.41, 5.74) is 5.67. The predicted octanol–water partition coefficient (Wildman–Crippen LogP) is 5.68. The minimum atomic E-state index is -0.419. The lowest BCUT2D eigenvalue weighted by Crippen LogP contribution is -2.26. The van der Waals surface area contributed by atoms with Crippen LogP contribution in [0.2, 0.25) is 4.34 Å². The van der Waals surface area contributed by atoms with E-state index in [0.717, 1.165) is 5.56 Å². The Kier molecular flexibility index (Phi) is 5.66. The maximum Gasteiger partial charge on any atom is 0.407 e. The van der Waals surface area contributed by atoms with Crippen LogP contribution in [0.1, 0.15) is 29.0 Å². The Balaban J connectivity index is 1.31. The Bertz CT molecular complexity index is 1020. The molecule has 1 aliphatic carbocycles. The number of amides is 1. The highest BCUT2D eigenvalue weighted by atomic mass is 35.5. The molecule has 0 saturated heterocycles. The van der Waals surface area contributed by atoms with E-state index in [1.807, 2.05) is 35.7 Å². The molecular weight excluding hydrogens is 390 g/mol. The molecule has 3 nitrogen and oxygen atoms in total. The van der Waals surface area contributed by atoms with Crippen LogP contribution < -0.4 is 5.32 Å². The largest absolute Gasteiger partial charge is 0.449 e. The van der Waals surface area contributed by atoms with E-state index in [9.17, 15) is 4.79 Å². The van der Waals surface area contributed by atoms with Crippen LogP contribution in [-0.2, 0) is 4.74 Å². The molecule has 0 saturated carbocycles. The predicted molar refractivity (Wildman–Crippen MR) is 114 cm³/mol. The molecule has 1 amide bonds. The third-order valence-corrected chi connectivity index (χ3v) is 5.87. The monoisotopic (exact) mass is 407 g/mol. The molecule has 0 atom stereocenters. The van der Waals surface area contributed by atoms with Crippen LogP contribution in [-0.4, -0.2) is 19.2 Å². The molecule has 1 heterocycles. The van der Waals surface area contributed by atoms with Gasteiger partial charge in [-0.2, -0.15) is 0 Å². The lowest BCUT2D eigenvalue weighted by molar-refractivity contribution is 0.143. The van der Waals surface area contributed by atoms with E-state index in [2.05, 4.69) is 41.4 Å². The molecule has 2 aromatic carbocycles. The van der Waals surface area contributed by atoms with Crippen LogP contribution in [0.4, 0.5) is 4.79 Å². The molecular formula is C23H18ClNO2S. The third-order valence-electron chi connectivity index (χ3n) is 4.70. The number of thiophene rings is 1. The summed E-state index contributed by atoms with van der Waals surface area (Å²) in [6.45, 7) is 0.751. The van der Waals surface area contributed by atoms with Gasteiger partial charge in [-0.25, -0.2) is 4.79 Å². The van der Waals surface area contributed by atoms with E-state index in [1.54, 1.807) is 0 Å². The second kappa shape index (κ2) is 8.52. The van der Waals surface area contributed by atoms with Gasteiger partial charge in [-0.15, -0.1) is 11.3 Å². The molecule has 1 N–H and O–H groups in total. The van der Waals surface area contributed by atoms with E-state index in [1.165, 1.54) is 33.6 Å². The first-order chi connectivity index (χ1) is 13.7. The van der Waals surface area contributed by atoms with Gasteiger partial charge >= 0.3 is 6.09 Å². The van der Waals surface area contributed by atoms with Gasteiger partial charge in [0.05, 0.1) is 5.56 Å². The number of benzene rings is 2. The SMILES string of the molecule is O=C(NCCC#Cc1ccsc1Cl)OCC1c2ccccc2-c2ccccc21. The summed E-state index contributed by atoms with van der Waals surface area (Å²) in [7, 11) is 0. The lowest BCUT2D eigenvalue weighted by atomic mass is 9.98. The van der Waals surface area contributed by atoms with Gasteiger partial charge in [-0.1, -0.05) is 72.0 Å². The number of rotatable bonds is 4. The van der Waals surface area contributed by atoms with Crippen molar-refractivity contribution in [2.24, 2.45) is 0 Å². The smallest absolute Gasteiger partial charge is 0.407 e. The average Bonchev–Trinajstić information content (AvgIpc) is 3.27. The first kappa shape index (κ1) is 18.6. The van der Waals surface area contributed by atoms with Gasteiger partial charge in [-0.05, 0) is 33.7 Å². The van der Waals surface area contributed by atoms with Gasteiger partial charge in [0.25, 0.3) is 0 Å². The molecule has 1 aromatic heterocycles. The van der Waals surface area contributed by atoms with Crippen LogP contribution >= 0.6 is 22.9 Å². The Labute approximate surface area is 173 Å². The number of fused-ring (bicyclic) bond motifs is 3. The van der Waals surface area contributed by atoms with E-state index >= 15 is 0 Å². The van der Waals surface area contributed by atoms with Crippen molar-refractivity contribution in [3.05, 3.63) is 81.0 Å². The van der Waals surface area contributed by atoms with Crippen LogP contribution in [0.3, 0.4) is 0 Å². The molecule has 0 aliphatic heterocycles. The second-order valence-corrected chi connectivity index (χ2v) is 7.93. The van der Waals surface area contributed by atoms with E-state index < -0.39 is 6.09 Å². The molecule has 1 aliphatic rings. The van der Waals surface area contributed by atoms with Crippen molar-refractivity contribution in [1.29, 1.82) is 0 Å². The van der Waals surface area contributed by atoms with Crippen molar-refractivity contribution < 1.29 is 9.53 Å². The summed E-state index contributed by atoms with van der Waals surface area (Å²) in [6, 6.07) is 18.5. The highest BCUT2D eigenvalue weighted by Gasteiger charge is 2.28. The zero-order chi connectivity index (χ0) is 19.3. The number of nitrogens with one attached hydrogen (secondary N) is 1. The summed E-state index contributed by atoms with van der Waals surface area (Å²) in [6.07, 6.45) is 0.119. The summed E-state index contributed by atoms with van der Waals surface area (Å²) < 4.78 is 6.19. The second-order valence-electron chi connectivity index (χ2n) is 6.41. The van der Waals surface area contributed by atoms with Gasteiger partial charge < -0.3 is 10.1 Å². The van der Waals surface area contributed by atoms with E-state index in [4.69, 9.17) is 16.3 Å². The number of carbonyl (C=O) groups excluding carboxylic acids is 1. The minimum Gasteiger partial charge on any atom is -0.449 e. The molecule has 0 spiro atoms. The molecule has 0 radical (unpaired) electrons. The standard InChI is InChI=1S/C23H18ClNO2S/c24-22-16(12-14-28-22)7-5-6-13-25-23(26)27-15-21-19-10-3-1-8-17(19)18-9-2-4-11-20(18)21/h1-4,8-12,14,21H,6,13,15H2,(H,25,26). The van der Waals surface area contributed by atoms with Gasteiger partial charge in [0.1, 0.15) is 10.9 Å². The number of hydrogen-bond donors (Lipinski definition) is 1.